The molecule has 1 saturated heterocycles. The number of piperazine rings is 1. The van der Waals surface area contributed by atoms with Crippen LogP contribution in [-0.2, 0) is 6.54 Å². The van der Waals surface area contributed by atoms with Crippen molar-refractivity contribution in [2.24, 2.45) is 0 Å². The van der Waals surface area contributed by atoms with Crippen molar-refractivity contribution in [3.8, 4) is 0 Å². The highest BCUT2D eigenvalue weighted by Gasteiger charge is 2.28. The minimum atomic E-state index is 0.269. The van der Waals surface area contributed by atoms with E-state index in [-0.39, 0.29) is 5.54 Å². The lowest BCUT2D eigenvalue weighted by Gasteiger charge is -2.42. The van der Waals surface area contributed by atoms with Crippen LogP contribution >= 0.6 is 0 Å². The number of hydrogen-bond donors (Lipinski definition) is 1. The van der Waals surface area contributed by atoms with Gasteiger partial charge >= 0.3 is 0 Å². The lowest BCUT2D eigenvalue weighted by Crippen LogP contribution is -2.58. The Balaban J connectivity index is 1.88. The van der Waals surface area contributed by atoms with Crippen LogP contribution in [0.3, 0.4) is 0 Å². The Morgan fingerprint density at radius 3 is 2.93 bits per heavy atom. The molecule has 4 nitrogen and oxygen atoms in total. The Bertz CT molecular complexity index is 292. The SMILES string of the molecule is CC1(C)CNCCN1CCn1cccn1. The summed E-state index contributed by atoms with van der Waals surface area (Å²) in [6.45, 7) is 9.96. The topological polar surface area (TPSA) is 33.1 Å². The Hall–Kier alpha value is -0.870. The first-order valence-electron chi connectivity index (χ1n) is 5.62. The zero-order chi connectivity index (χ0) is 10.7. The van der Waals surface area contributed by atoms with Gasteiger partial charge in [0.05, 0.1) is 6.54 Å². The summed E-state index contributed by atoms with van der Waals surface area (Å²) < 4.78 is 2.00. The van der Waals surface area contributed by atoms with Gasteiger partial charge in [0, 0.05) is 44.1 Å². The summed E-state index contributed by atoms with van der Waals surface area (Å²) in [4.78, 5) is 2.53. The van der Waals surface area contributed by atoms with Crippen LogP contribution in [0.25, 0.3) is 0 Å². The Kier molecular flexibility index (Phi) is 3.07. The third kappa shape index (κ3) is 2.58. The van der Waals surface area contributed by atoms with E-state index in [9.17, 15) is 0 Å². The van der Waals surface area contributed by atoms with E-state index in [1.165, 1.54) is 0 Å². The molecule has 15 heavy (non-hydrogen) atoms. The quantitative estimate of drug-likeness (QED) is 0.788. The first-order chi connectivity index (χ1) is 7.18. The van der Waals surface area contributed by atoms with E-state index in [2.05, 4.69) is 29.2 Å². The molecule has 2 heterocycles. The van der Waals surface area contributed by atoms with Crippen LogP contribution in [0, 0.1) is 0 Å². The van der Waals surface area contributed by atoms with Crippen molar-refractivity contribution < 1.29 is 0 Å². The van der Waals surface area contributed by atoms with Crippen LogP contribution in [0.5, 0.6) is 0 Å². The van der Waals surface area contributed by atoms with Gasteiger partial charge in [-0.05, 0) is 19.9 Å². The van der Waals surface area contributed by atoms with Gasteiger partial charge in [-0.25, -0.2) is 0 Å². The highest BCUT2D eigenvalue weighted by molar-refractivity contribution is 4.88. The molecule has 4 heteroatoms. The number of aromatic nitrogens is 2. The molecule has 1 fully saturated rings. The lowest BCUT2D eigenvalue weighted by molar-refractivity contribution is 0.0855. The molecule has 1 aliphatic heterocycles. The normalized spacial score (nSPS) is 21.7. The first-order valence-corrected chi connectivity index (χ1v) is 5.62. The fourth-order valence-electron chi connectivity index (χ4n) is 2.09. The molecular weight excluding hydrogens is 188 g/mol. The fraction of sp³-hybridized carbons (Fsp3) is 0.727. The van der Waals surface area contributed by atoms with Crippen molar-refractivity contribution in [1.29, 1.82) is 0 Å². The van der Waals surface area contributed by atoms with Gasteiger partial charge in [-0.1, -0.05) is 0 Å². The summed E-state index contributed by atoms with van der Waals surface area (Å²) in [5, 5.41) is 7.66. The van der Waals surface area contributed by atoms with Gasteiger partial charge < -0.3 is 5.32 Å². The molecule has 1 N–H and O–H groups in total. The maximum atomic E-state index is 4.22. The molecule has 0 spiro atoms. The zero-order valence-corrected chi connectivity index (χ0v) is 9.61. The van der Waals surface area contributed by atoms with Crippen molar-refractivity contribution in [3.05, 3.63) is 18.5 Å². The van der Waals surface area contributed by atoms with Gasteiger partial charge in [0.25, 0.3) is 0 Å². The van der Waals surface area contributed by atoms with Gasteiger partial charge in [0.1, 0.15) is 0 Å². The Morgan fingerprint density at radius 1 is 1.40 bits per heavy atom. The van der Waals surface area contributed by atoms with Gasteiger partial charge in [0.15, 0.2) is 0 Å². The monoisotopic (exact) mass is 208 g/mol. The van der Waals surface area contributed by atoms with Crippen LogP contribution in [0.2, 0.25) is 0 Å². The van der Waals surface area contributed by atoms with Crippen molar-refractivity contribution >= 4 is 0 Å². The van der Waals surface area contributed by atoms with Gasteiger partial charge in [-0.15, -0.1) is 0 Å². The summed E-state index contributed by atoms with van der Waals surface area (Å²) in [7, 11) is 0. The van der Waals surface area contributed by atoms with E-state index in [0.29, 0.717) is 0 Å². The molecule has 0 aromatic carbocycles. The van der Waals surface area contributed by atoms with Crippen LogP contribution in [0.4, 0.5) is 0 Å². The minimum Gasteiger partial charge on any atom is -0.314 e. The predicted molar refractivity (Wildman–Crippen MR) is 60.7 cm³/mol. The predicted octanol–water partition coefficient (Wildman–Crippen LogP) is 0.567. The van der Waals surface area contributed by atoms with Crippen LogP contribution in [0.15, 0.2) is 18.5 Å². The molecular formula is C11H20N4. The highest BCUT2D eigenvalue weighted by atomic mass is 15.3. The fourth-order valence-corrected chi connectivity index (χ4v) is 2.09. The van der Waals surface area contributed by atoms with Crippen molar-refractivity contribution in [3.63, 3.8) is 0 Å². The first kappa shape index (κ1) is 10.6. The van der Waals surface area contributed by atoms with E-state index < -0.39 is 0 Å². The molecule has 1 aromatic rings. The van der Waals surface area contributed by atoms with Crippen molar-refractivity contribution in [2.75, 3.05) is 26.2 Å². The third-order valence-corrected chi connectivity index (χ3v) is 3.13. The van der Waals surface area contributed by atoms with Gasteiger partial charge in [0.2, 0.25) is 0 Å². The summed E-state index contributed by atoms with van der Waals surface area (Å²) in [6, 6.07) is 1.98. The standard InChI is InChI=1S/C11H20N4/c1-11(2)10-12-5-7-14(11)8-9-15-6-3-4-13-15/h3-4,6,12H,5,7-10H2,1-2H3. The molecule has 0 aliphatic carbocycles. The largest absolute Gasteiger partial charge is 0.314 e. The maximum absolute atomic E-state index is 4.22. The van der Waals surface area contributed by atoms with Crippen LogP contribution < -0.4 is 5.32 Å². The van der Waals surface area contributed by atoms with Crippen LogP contribution in [-0.4, -0.2) is 46.4 Å². The molecule has 0 radical (unpaired) electrons. The molecule has 0 amide bonds. The summed E-state index contributed by atoms with van der Waals surface area (Å²) in [6.07, 6.45) is 3.86. The van der Waals surface area contributed by atoms with E-state index in [0.717, 1.165) is 32.7 Å². The lowest BCUT2D eigenvalue weighted by atomic mass is 10.0. The molecule has 1 aromatic heterocycles. The summed E-state index contributed by atoms with van der Waals surface area (Å²) in [5.74, 6) is 0. The molecule has 1 aliphatic rings. The van der Waals surface area contributed by atoms with Gasteiger partial charge in [-0.2, -0.15) is 5.10 Å². The zero-order valence-electron chi connectivity index (χ0n) is 9.61. The van der Waals surface area contributed by atoms with E-state index in [4.69, 9.17) is 0 Å². The third-order valence-electron chi connectivity index (χ3n) is 3.13. The molecule has 84 valence electrons. The molecule has 0 saturated carbocycles. The second kappa shape index (κ2) is 4.33. The molecule has 0 atom stereocenters. The van der Waals surface area contributed by atoms with E-state index in [1.807, 2.05) is 23.1 Å². The average molecular weight is 208 g/mol. The Labute approximate surface area is 91.3 Å². The second-order valence-corrected chi connectivity index (χ2v) is 4.75. The second-order valence-electron chi connectivity index (χ2n) is 4.75. The molecule has 0 bridgehead atoms. The minimum absolute atomic E-state index is 0.269. The van der Waals surface area contributed by atoms with Crippen LogP contribution in [0.1, 0.15) is 13.8 Å². The van der Waals surface area contributed by atoms with E-state index in [1.54, 1.807) is 0 Å². The number of hydrogen-bond acceptors (Lipinski definition) is 3. The number of nitrogens with one attached hydrogen (secondary N) is 1. The smallest absolute Gasteiger partial charge is 0.0536 e. The van der Waals surface area contributed by atoms with Gasteiger partial charge in [-0.3, -0.25) is 9.58 Å². The number of rotatable bonds is 3. The average Bonchev–Trinajstić information content (AvgIpc) is 2.68. The summed E-state index contributed by atoms with van der Waals surface area (Å²) >= 11 is 0. The maximum Gasteiger partial charge on any atom is 0.0536 e. The Morgan fingerprint density at radius 2 is 2.27 bits per heavy atom. The van der Waals surface area contributed by atoms with Crippen molar-refractivity contribution in [1.82, 2.24) is 20.0 Å². The molecule has 0 unspecified atom stereocenters. The highest BCUT2D eigenvalue weighted by Crippen LogP contribution is 2.15. The summed E-state index contributed by atoms with van der Waals surface area (Å²) in [5.41, 5.74) is 0.269. The van der Waals surface area contributed by atoms with Crippen molar-refractivity contribution in [2.45, 2.75) is 25.9 Å². The molecule has 2 rings (SSSR count). The number of nitrogens with zero attached hydrogens (tertiary/aromatic N) is 3. The van der Waals surface area contributed by atoms with E-state index >= 15 is 0 Å².